The molecular formula is C8H13N5OS. The number of nitrogens with zero attached hydrogens (tertiary/aromatic N) is 3. The molecule has 1 amide bonds. The van der Waals surface area contributed by atoms with Crippen LogP contribution in [0.1, 0.15) is 26.2 Å². The van der Waals surface area contributed by atoms with Crippen molar-refractivity contribution in [3.8, 4) is 0 Å². The van der Waals surface area contributed by atoms with Gasteiger partial charge in [-0.05, 0) is 25.0 Å². The van der Waals surface area contributed by atoms with E-state index in [0.29, 0.717) is 5.13 Å². The van der Waals surface area contributed by atoms with Crippen LogP contribution >= 0.6 is 11.5 Å². The average molecular weight is 227 g/mol. The van der Waals surface area contributed by atoms with Gasteiger partial charge >= 0.3 is 0 Å². The second-order valence-corrected chi connectivity index (χ2v) is 4.77. The molecule has 0 aliphatic heterocycles. The molecule has 0 aromatic carbocycles. The highest BCUT2D eigenvalue weighted by atomic mass is 32.1. The summed E-state index contributed by atoms with van der Waals surface area (Å²) in [5.41, 5.74) is 5.45. The quantitative estimate of drug-likeness (QED) is 0.762. The topological polar surface area (TPSA) is 93.8 Å². The maximum Gasteiger partial charge on any atom is 0.233 e. The number of rotatable bonds is 2. The van der Waals surface area contributed by atoms with Crippen molar-refractivity contribution in [3.05, 3.63) is 0 Å². The van der Waals surface area contributed by atoms with Crippen LogP contribution < -0.4 is 11.1 Å². The van der Waals surface area contributed by atoms with E-state index in [1.54, 1.807) is 0 Å². The van der Waals surface area contributed by atoms with Crippen LogP contribution in [-0.4, -0.2) is 26.7 Å². The van der Waals surface area contributed by atoms with Gasteiger partial charge in [-0.15, -0.1) is 0 Å². The summed E-state index contributed by atoms with van der Waals surface area (Å²) < 4.78 is 3.58. The number of nitrogens with one attached hydrogen (secondary N) is 1. The minimum atomic E-state index is -0.480. The molecule has 0 bridgehead atoms. The van der Waals surface area contributed by atoms with Crippen molar-refractivity contribution in [1.29, 1.82) is 0 Å². The molecule has 1 aliphatic rings. The highest BCUT2D eigenvalue weighted by Crippen LogP contribution is 2.37. The van der Waals surface area contributed by atoms with Gasteiger partial charge in [0.05, 0.1) is 5.41 Å². The van der Waals surface area contributed by atoms with Crippen molar-refractivity contribution in [1.82, 2.24) is 14.8 Å². The summed E-state index contributed by atoms with van der Waals surface area (Å²) in [5, 5.41) is 10.2. The lowest BCUT2D eigenvalue weighted by atomic mass is 9.84. The Morgan fingerprint density at radius 2 is 2.53 bits per heavy atom. The van der Waals surface area contributed by atoms with Gasteiger partial charge in [-0.25, -0.2) is 0 Å². The van der Waals surface area contributed by atoms with Crippen molar-refractivity contribution in [2.24, 2.45) is 11.1 Å². The van der Waals surface area contributed by atoms with Gasteiger partial charge in [0.15, 0.2) is 0 Å². The Balaban J connectivity index is 2.07. The predicted molar refractivity (Wildman–Crippen MR) is 56.3 cm³/mol. The molecule has 1 saturated carbocycles. The summed E-state index contributed by atoms with van der Waals surface area (Å²) in [6.45, 7) is 1.90. The van der Waals surface area contributed by atoms with Crippen molar-refractivity contribution in [2.75, 3.05) is 5.32 Å². The standard InChI is InChI=1S/C8H13N5OS/c1-8(4-2-3-5(8)9)6(14)10-7-11-12-13-15-7/h5H,2-4,9H2,1H3,(H,10,11,13,14). The molecule has 2 atom stereocenters. The molecular weight excluding hydrogens is 214 g/mol. The van der Waals surface area contributed by atoms with E-state index in [0.717, 1.165) is 30.8 Å². The van der Waals surface area contributed by atoms with E-state index in [2.05, 4.69) is 20.1 Å². The van der Waals surface area contributed by atoms with Crippen LogP contribution in [0.15, 0.2) is 0 Å². The Morgan fingerprint density at radius 1 is 1.73 bits per heavy atom. The lowest BCUT2D eigenvalue weighted by Gasteiger charge is -2.26. The average Bonchev–Trinajstić information content (AvgIpc) is 2.79. The largest absolute Gasteiger partial charge is 0.327 e. The summed E-state index contributed by atoms with van der Waals surface area (Å²) >= 11 is 1.06. The van der Waals surface area contributed by atoms with Gasteiger partial charge in [-0.1, -0.05) is 16.0 Å². The molecule has 2 unspecified atom stereocenters. The van der Waals surface area contributed by atoms with Crippen molar-refractivity contribution in [2.45, 2.75) is 32.2 Å². The minimum absolute atomic E-state index is 0.0709. The van der Waals surface area contributed by atoms with Gasteiger partial charge in [0, 0.05) is 17.6 Å². The zero-order chi connectivity index (χ0) is 10.9. The van der Waals surface area contributed by atoms with Crippen LogP contribution in [0.5, 0.6) is 0 Å². The molecule has 1 aromatic heterocycles. The third kappa shape index (κ3) is 1.84. The number of aromatic nitrogens is 3. The number of carbonyl (C=O) groups excluding carboxylic acids is 1. The number of nitrogens with two attached hydrogens (primary N) is 1. The normalized spacial score (nSPS) is 30.4. The first-order valence-electron chi connectivity index (χ1n) is 4.85. The molecule has 0 spiro atoms. The van der Waals surface area contributed by atoms with E-state index in [1.165, 1.54) is 0 Å². The second-order valence-electron chi connectivity index (χ2n) is 4.04. The highest BCUT2D eigenvalue weighted by Gasteiger charge is 2.43. The van der Waals surface area contributed by atoms with Crippen LogP contribution in [0.3, 0.4) is 0 Å². The van der Waals surface area contributed by atoms with E-state index in [1.807, 2.05) is 6.92 Å². The van der Waals surface area contributed by atoms with E-state index in [9.17, 15) is 4.79 Å². The Bertz CT molecular complexity index is 354. The first-order chi connectivity index (χ1) is 7.13. The Labute approximate surface area is 91.4 Å². The third-order valence-corrected chi connectivity index (χ3v) is 3.58. The van der Waals surface area contributed by atoms with Crippen molar-refractivity contribution < 1.29 is 4.79 Å². The molecule has 6 nitrogen and oxygen atoms in total. The van der Waals surface area contributed by atoms with E-state index in [4.69, 9.17) is 5.73 Å². The summed E-state index contributed by atoms with van der Waals surface area (Å²) in [6, 6.07) is -0.0709. The molecule has 1 heterocycles. The number of amides is 1. The summed E-state index contributed by atoms with van der Waals surface area (Å²) in [6.07, 6.45) is 2.73. The predicted octanol–water partition coefficient (Wildman–Crippen LogP) is 0.389. The lowest BCUT2D eigenvalue weighted by Crippen LogP contribution is -2.44. The Hall–Kier alpha value is -1.08. The van der Waals surface area contributed by atoms with Gasteiger partial charge in [0.2, 0.25) is 11.0 Å². The summed E-state index contributed by atoms with van der Waals surface area (Å²) in [5.74, 6) is -0.0777. The van der Waals surface area contributed by atoms with Crippen LogP contribution in [-0.2, 0) is 4.79 Å². The van der Waals surface area contributed by atoms with Crippen LogP contribution in [0.2, 0.25) is 0 Å². The lowest BCUT2D eigenvalue weighted by molar-refractivity contribution is -0.125. The van der Waals surface area contributed by atoms with Crippen LogP contribution in [0.4, 0.5) is 5.13 Å². The Kier molecular flexibility index (Phi) is 2.66. The fourth-order valence-corrected chi connectivity index (χ4v) is 2.26. The van der Waals surface area contributed by atoms with Gasteiger partial charge in [-0.2, -0.15) is 0 Å². The fraction of sp³-hybridized carbons (Fsp3) is 0.750. The molecule has 1 aliphatic carbocycles. The van der Waals surface area contributed by atoms with Crippen molar-refractivity contribution >= 4 is 22.6 Å². The number of carbonyl (C=O) groups is 1. The molecule has 15 heavy (non-hydrogen) atoms. The smallest absolute Gasteiger partial charge is 0.233 e. The molecule has 0 saturated heterocycles. The number of hydrogen-bond acceptors (Lipinski definition) is 6. The van der Waals surface area contributed by atoms with Gasteiger partial charge < -0.3 is 5.73 Å². The van der Waals surface area contributed by atoms with Crippen molar-refractivity contribution in [3.63, 3.8) is 0 Å². The van der Waals surface area contributed by atoms with E-state index < -0.39 is 5.41 Å². The molecule has 82 valence electrons. The van der Waals surface area contributed by atoms with E-state index in [-0.39, 0.29) is 11.9 Å². The zero-order valence-corrected chi connectivity index (χ0v) is 9.25. The van der Waals surface area contributed by atoms with Gasteiger partial charge in [0.1, 0.15) is 0 Å². The Morgan fingerprint density at radius 3 is 3.07 bits per heavy atom. The number of anilines is 1. The van der Waals surface area contributed by atoms with E-state index >= 15 is 0 Å². The van der Waals surface area contributed by atoms with Crippen LogP contribution in [0.25, 0.3) is 0 Å². The first kappa shape index (κ1) is 10.4. The molecule has 0 radical (unpaired) electrons. The molecule has 1 aromatic rings. The molecule has 3 N–H and O–H groups in total. The molecule has 2 rings (SSSR count). The maximum absolute atomic E-state index is 12.0. The highest BCUT2D eigenvalue weighted by molar-refractivity contribution is 7.09. The summed E-state index contributed by atoms with van der Waals surface area (Å²) in [7, 11) is 0. The zero-order valence-electron chi connectivity index (χ0n) is 8.43. The van der Waals surface area contributed by atoms with Crippen LogP contribution in [0, 0.1) is 5.41 Å². The summed E-state index contributed by atoms with van der Waals surface area (Å²) in [4.78, 5) is 12.0. The fourth-order valence-electron chi connectivity index (χ4n) is 1.90. The SMILES string of the molecule is CC1(C(=O)Nc2nnns2)CCCC1N. The van der Waals surface area contributed by atoms with Gasteiger partial charge in [-0.3, -0.25) is 10.1 Å². The first-order valence-corrected chi connectivity index (χ1v) is 5.62. The third-order valence-electron chi connectivity index (χ3n) is 3.07. The number of hydrogen-bond donors (Lipinski definition) is 2. The molecule has 1 fully saturated rings. The monoisotopic (exact) mass is 227 g/mol. The minimum Gasteiger partial charge on any atom is -0.327 e. The van der Waals surface area contributed by atoms with Gasteiger partial charge in [0.25, 0.3) is 0 Å². The maximum atomic E-state index is 12.0. The second kappa shape index (κ2) is 3.82. The molecule has 7 heteroatoms.